The van der Waals surface area contributed by atoms with Crippen LogP contribution in [-0.4, -0.2) is 46.4 Å². The third-order valence-electron chi connectivity index (χ3n) is 4.51. The average Bonchev–Trinajstić information content (AvgIpc) is 2.88. The summed E-state index contributed by atoms with van der Waals surface area (Å²) in [5.41, 5.74) is 3.94. The maximum atomic E-state index is 12.4. The molecule has 1 aliphatic heterocycles. The van der Waals surface area contributed by atoms with Crippen molar-refractivity contribution < 1.29 is 9.53 Å². The highest BCUT2D eigenvalue weighted by molar-refractivity contribution is 6.31. The minimum absolute atomic E-state index is 0.0260. The predicted molar refractivity (Wildman–Crippen MR) is 103 cm³/mol. The van der Waals surface area contributed by atoms with E-state index in [4.69, 9.17) is 16.3 Å². The lowest BCUT2D eigenvalue weighted by Gasteiger charge is -2.30. The van der Waals surface area contributed by atoms with Gasteiger partial charge in [-0.25, -0.2) is 4.68 Å². The molecule has 1 unspecified atom stereocenters. The van der Waals surface area contributed by atoms with Gasteiger partial charge in [-0.2, -0.15) is 5.10 Å². The quantitative estimate of drug-likeness (QED) is 0.771. The fourth-order valence-electron chi connectivity index (χ4n) is 3.01. The third kappa shape index (κ3) is 4.34. The molecule has 0 radical (unpaired) electrons. The molecule has 5 nitrogen and oxygen atoms in total. The second-order valence-corrected chi connectivity index (χ2v) is 7.09. The number of hydrogen-bond donors (Lipinski definition) is 0. The number of benzene rings is 1. The highest BCUT2D eigenvalue weighted by Gasteiger charge is 2.20. The van der Waals surface area contributed by atoms with Gasteiger partial charge in [0.25, 0.3) is 0 Å². The Hall–Kier alpha value is -2.11. The Morgan fingerprint density at radius 3 is 2.77 bits per heavy atom. The minimum atomic E-state index is -0.0260. The lowest BCUT2D eigenvalue weighted by atomic mass is 10.1. The van der Waals surface area contributed by atoms with Crippen LogP contribution in [0.15, 0.2) is 30.3 Å². The van der Waals surface area contributed by atoms with Crippen LogP contribution < -0.4 is 0 Å². The van der Waals surface area contributed by atoms with E-state index in [0.29, 0.717) is 31.4 Å². The molecular formula is C20H24ClN3O2. The number of hydrogen-bond acceptors (Lipinski definition) is 3. The molecule has 2 heterocycles. The first kappa shape index (κ1) is 18.7. The van der Waals surface area contributed by atoms with Crippen LogP contribution in [0.2, 0.25) is 5.15 Å². The summed E-state index contributed by atoms with van der Waals surface area (Å²) < 4.78 is 7.24. The third-order valence-corrected chi connectivity index (χ3v) is 4.91. The molecule has 1 aromatic heterocycles. The van der Waals surface area contributed by atoms with Crippen molar-refractivity contribution in [2.45, 2.75) is 33.4 Å². The number of aryl methyl sites for hydroxylation is 2. The number of carbonyl (C=O) groups excluding carboxylic acids is 1. The van der Waals surface area contributed by atoms with Gasteiger partial charge >= 0.3 is 0 Å². The maximum absolute atomic E-state index is 12.4. The summed E-state index contributed by atoms with van der Waals surface area (Å²) in [5.74, 6) is -0.0260. The Balaban J connectivity index is 1.73. The molecule has 0 aliphatic carbocycles. The maximum Gasteiger partial charge on any atom is 0.246 e. The van der Waals surface area contributed by atoms with Crippen molar-refractivity contribution in [1.82, 2.24) is 14.7 Å². The Labute approximate surface area is 159 Å². The first-order chi connectivity index (χ1) is 12.4. The van der Waals surface area contributed by atoms with Crippen LogP contribution in [0, 0.1) is 13.8 Å². The van der Waals surface area contributed by atoms with E-state index in [2.05, 4.69) is 36.3 Å². The number of amides is 1. The van der Waals surface area contributed by atoms with Gasteiger partial charge in [-0.1, -0.05) is 41.4 Å². The van der Waals surface area contributed by atoms with Crippen LogP contribution in [0.1, 0.15) is 29.3 Å². The number of halogens is 1. The van der Waals surface area contributed by atoms with E-state index in [1.165, 1.54) is 5.56 Å². The van der Waals surface area contributed by atoms with Crippen LogP contribution in [0.3, 0.4) is 0 Å². The summed E-state index contributed by atoms with van der Waals surface area (Å²) >= 11 is 6.51. The van der Waals surface area contributed by atoms with Gasteiger partial charge in [0.1, 0.15) is 5.15 Å². The fraction of sp³-hybridized carbons (Fsp3) is 0.400. The molecule has 1 aliphatic rings. The number of ether oxygens (including phenoxy) is 1. The molecule has 6 heteroatoms. The highest BCUT2D eigenvalue weighted by atomic mass is 35.5. The van der Waals surface area contributed by atoms with Crippen LogP contribution in [-0.2, 0) is 16.1 Å². The number of morpholine rings is 1. The summed E-state index contributed by atoms with van der Waals surface area (Å²) in [6, 6.07) is 8.29. The molecule has 1 fully saturated rings. The zero-order valence-electron chi connectivity index (χ0n) is 15.4. The molecule has 138 valence electrons. The van der Waals surface area contributed by atoms with E-state index in [0.717, 1.165) is 16.8 Å². The smallest absolute Gasteiger partial charge is 0.246 e. The summed E-state index contributed by atoms with van der Waals surface area (Å²) in [4.78, 5) is 14.2. The monoisotopic (exact) mass is 373 g/mol. The summed E-state index contributed by atoms with van der Waals surface area (Å²) in [6.07, 6.45) is 3.41. The van der Waals surface area contributed by atoms with Gasteiger partial charge in [-0.15, -0.1) is 0 Å². The van der Waals surface area contributed by atoms with Crippen molar-refractivity contribution in [2.75, 3.05) is 19.7 Å². The molecule has 2 aromatic rings. The molecule has 0 saturated carbocycles. The first-order valence-corrected chi connectivity index (χ1v) is 9.19. The zero-order chi connectivity index (χ0) is 18.7. The van der Waals surface area contributed by atoms with Crippen molar-refractivity contribution in [3.63, 3.8) is 0 Å². The van der Waals surface area contributed by atoms with Gasteiger partial charge in [-0.3, -0.25) is 4.79 Å². The van der Waals surface area contributed by atoms with Crippen molar-refractivity contribution in [3.05, 3.63) is 57.9 Å². The van der Waals surface area contributed by atoms with Gasteiger partial charge in [0.2, 0.25) is 5.91 Å². The lowest BCUT2D eigenvalue weighted by molar-refractivity contribution is -0.132. The van der Waals surface area contributed by atoms with Crippen LogP contribution in [0.25, 0.3) is 6.08 Å². The van der Waals surface area contributed by atoms with E-state index in [9.17, 15) is 4.79 Å². The van der Waals surface area contributed by atoms with Gasteiger partial charge < -0.3 is 9.64 Å². The Morgan fingerprint density at radius 1 is 1.35 bits per heavy atom. The van der Waals surface area contributed by atoms with E-state index < -0.39 is 0 Å². The van der Waals surface area contributed by atoms with E-state index in [-0.39, 0.29) is 12.0 Å². The molecule has 1 atom stereocenters. The molecule has 1 saturated heterocycles. The molecule has 1 aromatic carbocycles. The van der Waals surface area contributed by atoms with Crippen molar-refractivity contribution >= 4 is 23.6 Å². The SMILES string of the molecule is Cc1ccc(Cn2nc(C)c(/C=C/C(=O)N3CCOC(C)C3)c2Cl)cc1. The molecule has 3 rings (SSSR count). The van der Waals surface area contributed by atoms with Crippen LogP contribution in [0.5, 0.6) is 0 Å². The van der Waals surface area contributed by atoms with Gasteiger partial charge in [0.15, 0.2) is 0 Å². The van der Waals surface area contributed by atoms with E-state index >= 15 is 0 Å². The number of nitrogens with zero attached hydrogens (tertiary/aromatic N) is 3. The van der Waals surface area contributed by atoms with Gasteiger partial charge in [0, 0.05) is 24.7 Å². The Bertz CT molecular complexity index is 811. The Morgan fingerprint density at radius 2 is 2.08 bits per heavy atom. The molecule has 0 spiro atoms. The normalized spacial score (nSPS) is 17.8. The summed E-state index contributed by atoms with van der Waals surface area (Å²) in [7, 11) is 0. The van der Waals surface area contributed by atoms with E-state index in [1.54, 1.807) is 21.7 Å². The molecule has 26 heavy (non-hydrogen) atoms. The van der Waals surface area contributed by atoms with Crippen molar-refractivity contribution in [2.24, 2.45) is 0 Å². The first-order valence-electron chi connectivity index (χ1n) is 8.81. The van der Waals surface area contributed by atoms with Crippen LogP contribution >= 0.6 is 11.6 Å². The van der Waals surface area contributed by atoms with Crippen LogP contribution in [0.4, 0.5) is 0 Å². The standard InChI is InChI=1S/C20H24ClN3O2/c1-14-4-6-17(7-5-14)13-24-20(21)18(16(3)22-24)8-9-19(25)23-10-11-26-15(2)12-23/h4-9,15H,10-13H2,1-3H3/b9-8+. The largest absolute Gasteiger partial charge is 0.375 e. The predicted octanol–water partition coefficient (Wildman–Crippen LogP) is 3.46. The second kappa shape index (κ2) is 8.06. The molecule has 0 bridgehead atoms. The van der Waals surface area contributed by atoms with Crippen molar-refractivity contribution in [3.8, 4) is 0 Å². The second-order valence-electron chi connectivity index (χ2n) is 6.73. The van der Waals surface area contributed by atoms with Crippen molar-refractivity contribution in [1.29, 1.82) is 0 Å². The van der Waals surface area contributed by atoms with E-state index in [1.807, 2.05) is 13.8 Å². The highest BCUT2D eigenvalue weighted by Crippen LogP contribution is 2.22. The molecular weight excluding hydrogens is 350 g/mol. The average molecular weight is 374 g/mol. The zero-order valence-corrected chi connectivity index (χ0v) is 16.2. The number of aromatic nitrogens is 2. The molecule has 1 amide bonds. The summed E-state index contributed by atoms with van der Waals surface area (Å²) in [6.45, 7) is 8.34. The number of carbonyl (C=O) groups is 1. The molecule has 0 N–H and O–H groups in total. The topological polar surface area (TPSA) is 47.4 Å². The van der Waals surface area contributed by atoms with Gasteiger partial charge in [0.05, 0.1) is 24.9 Å². The Kier molecular flexibility index (Phi) is 5.79. The minimum Gasteiger partial charge on any atom is -0.375 e. The lowest BCUT2D eigenvalue weighted by Crippen LogP contribution is -2.43. The van der Waals surface area contributed by atoms with Gasteiger partial charge in [-0.05, 0) is 32.4 Å². The fourth-order valence-corrected chi connectivity index (χ4v) is 3.30. The summed E-state index contributed by atoms with van der Waals surface area (Å²) in [5, 5.41) is 5.06. The number of rotatable bonds is 4.